The summed E-state index contributed by atoms with van der Waals surface area (Å²) < 4.78 is 0. The van der Waals surface area contributed by atoms with Crippen LogP contribution in [0.25, 0.3) is 33.9 Å². The molecule has 0 saturated heterocycles. The molecule has 0 spiro atoms. The van der Waals surface area contributed by atoms with Crippen LogP contribution in [-0.4, -0.2) is 9.97 Å². The Balaban J connectivity index is 1.64. The van der Waals surface area contributed by atoms with E-state index in [2.05, 4.69) is 108 Å². The van der Waals surface area contributed by atoms with E-state index in [-0.39, 0.29) is 0 Å². The molecule has 2 nitrogen and oxygen atoms in total. The molecule has 0 unspecified atom stereocenters. The molecule has 0 aliphatic rings. The Morgan fingerprint density at radius 3 is 1.83 bits per heavy atom. The molecule has 0 radical (unpaired) electrons. The van der Waals surface area contributed by atoms with E-state index < -0.39 is 0 Å². The van der Waals surface area contributed by atoms with Crippen LogP contribution in [0.5, 0.6) is 0 Å². The quantitative estimate of drug-likeness (QED) is 0.346. The van der Waals surface area contributed by atoms with Crippen molar-refractivity contribution in [1.82, 2.24) is 9.97 Å². The minimum atomic E-state index is 0.874. The molecule has 0 aliphatic heterocycles. The smallest absolute Gasteiger partial charge is 0.138 e. The molecule has 2 heteroatoms. The van der Waals surface area contributed by atoms with E-state index in [0.29, 0.717) is 0 Å². The summed E-state index contributed by atoms with van der Waals surface area (Å²) in [7, 11) is 0. The molecule has 0 fully saturated rings. The van der Waals surface area contributed by atoms with Crippen LogP contribution in [0.4, 0.5) is 0 Å². The highest BCUT2D eigenvalue weighted by molar-refractivity contribution is 5.81. The highest BCUT2D eigenvalue weighted by Gasteiger charge is 2.16. The third-order valence-electron chi connectivity index (χ3n) is 5.32. The Morgan fingerprint density at radius 2 is 1.13 bits per heavy atom. The highest BCUT2D eigenvalue weighted by Crippen LogP contribution is 2.34. The predicted octanol–water partition coefficient (Wildman–Crippen LogP) is 7.00. The van der Waals surface area contributed by atoms with Crippen molar-refractivity contribution in [2.45, 2.75) is 6.42 Å². The number of H-pyrrole nitrogens is 1. The second kappa shape index (κ2) is 8.22. The summed E-state index contributed by atoms with van der Waals surface area (Å²) in [5, 5.41) is 0. The summed E-state index contributed by atoms with van der Waals surface area (Å²) in [5.41, 5.74) is 7.97. The summed E-state index contributed by atoms with van der Waals surface area (Å²) in [6.45, 7) is 0. The van der Waals surface area contributed by atoms with Crippen molar-refractivity contribution in [1.29, 1.82) is 0 Å². The van der Waals surface area contributed by atoms with Gasteiger partial charge in [-0.3, -0.25) is 0 Å². The Bertz CT molecular complexity index is 1180. The largest absolute Gasteiger partial charge is 0.337 e. The first-order valence-electron chi connectivity index (χ1n) is 10.2. The normalized spacial score (nSPS) is 10.8. The molecule has 1 N–H and O–H groups in total. The third kappa shape index (κ3) is 3.68. The van der Waals surface area contributed by atoms with Gasteiger partial charge in [0.2, 0.25) is 0 Å². The third-order valence-corrected chi connectivity index (χ3v) is 5.32. The second-order valence-corrected chi connectivity index (χ2v) is 7.36. The number of nitrogens with zero attached hydrogens (tertiary/aromatic N) is 1. The number of hydrogen-bond donors (Lipinski definition) is 1. The van der Waals surface area contributed by atoms with Gasteiger partial charge in [0.25, 0.3) is 0 Å². The summed E-state index contributed by atoms with van der Waals surface area (Å²) in [5.74, 6) is 0.902. The molecule has 0 amide bonds. The van der Waals surface area contributed by atoms with E-state index in [4.69, 9.17) is 4.98 Å². The van der Waals surface area contributed by atoms with Crippen molar-refractivity contribution in [3.63, 3.8) is 0 Å². The van der Waals surface area contributed by atoms with Crippen LogP contribution in [0, 0.1) is 0 Å². The van der Waals surface area contributed by atoms with Gasteiger partial charge in [0.05, 0.1) is 11.4 Å². The fraction of sp³-hybridized carbons (Fsp3) is 0.0357. The maximum atomic E-state index is 5.07. The van der Waals surface area contributed by atoms with Gasteiger partial charge >= 0.3 is 0 Å². The van der Waals surface area contributed by atoms with Crippen molar-refractivity contribution in [3.05, 3.63) is 126 Å². The van der Waals surface area contributed by atoms with Gasteiger partial charge in [-0.2, -0.15) is 0 Å². The van der Waals surface area contributed by atoms with E-state index in [1.165, 1.54) is 11.1 Å². The first kappa shape index (κ1) is 18.1. The standard InChI is InChI=1S/C28H22N2/c1-4-12-21(13-5-1)20-24-18-10-11-19-25(24)28-29-26(22-14-6-2-7-15-22)27(30-28)23-16-8-3-9-17-23/h1-19H,20H2,(H,29,30). The number of aromatic nitrogens is 2. The first-order valence-corrected chi connectivity index (χ1v) is 10.2. The number of benzene rings is 4. The summed E-state index contributed by atoms with van der Waals surface area (Å²) in [6, 6.07) is 39.9. The van der Waals surface area contributed by atoms with Gasteiger partial charge in [0.15, 0.2) is 0 Å². The molecule has 0 aliphatic carbocycles. The van der Waals surface area contributed by atoms with Gasteiger partial charge in [-0.15, -0.1) is 0 Å². The summed E-state index contributed by atoms with van der Waals surface area (Å²) in [6.07, 6.45) is 0.874. The SMILES string of the molecule is c1ccc(Cc2ccccc2-c2nc(-c3ccccc3)c(-c3ccccc3)[nH]2)cc1. The lowest BCUT2D eigenvalue weighted by atomic mass is 9.99. The second-order valence-electron chi connectivity index (χ2n) is 7.36. The van der Waals surface area contributed by atoms with Gasteiger partial charge in [-0.1, -0.05) is 115 Å². The highest BCUT2D eigenvalue weighted by atomic mass is 14.9. The molecule has 0 saturated carbocycles. The van der Waals surface area contributed by atoms with E-state index in [9.17, 15) is 0 Å². The van der Waals surface area contributed by atoms with Gasteiger partial charge in [0.1, 0.15) is 5.82 Å². The van der Waals surface area contributed by atoms with Crippen molar-refractivity contribution < 1.29 is 0 Å². The fourth-order valence-corrected chi connectivity index (χ4v) is 3.84. The number of nitrogens with one attached hydrogen (secondary N) is 1. The monoisotopic (exact) mass is 386 g/mol. The van der Waals surface area contributed by atoms with Crippen LogP contribution in [-0.2, 0) is 6.42 Å². The van der Waals surface area contributed by atoms with Gasteiger partial charge in [0, 0.05) is 16.7 Å². The van der Waals surface area contributed by atoms with Crippen LogP contribution < -0.4 is 0 Å². The zero-order chi connectivity index (χ0) is 20.2. The van der Waals surface area contributed by atoms with Gasteiger partial charge in [-0.05, 0) is 17.5 Å². The molecule has 5 aromatic rings. The van der Waals surface area contributed by atoms with Crippen molar-refractivity contribution in [3.8, 4) is 33.9 Å². The van der Waals surface area contributed by atoms with E-state index in [0.717, 1.165) is 40.3 Å². The lowest BCUT2D eigenvalue weighted by Gasteiger charge is -2.07. The van der Waals surface area contributed by atoms with Crippen molar-refractivity contribution >= 4 is 0 Å². The molecular formula is C28H22N2. The molecule has 144 valence electrons. The van der Waals surface area contributed by atoms with Crippen molar-refractivity contribution in [2.24, 2.45) is 0 Å². The minimum Gasteiger partial charge on any atom is -0.337 e. The van der Waals surface area contributed by atoms with Crippen LogP contribution in [0.15, 0.2) is 115 Å². The number of imidazole rings is 1. The maximum Gasteiger partial charge on any atom is 0.138 e. The molecule has 1 aromatic heterocycles. The van der Waals surface area contributed by atoms with E-state index >= 15 is 0 Å². The Hall–Kier alpha value is -3.91. The van der Waals surface area contributed by atoms with Crippen LogP contribution in [0.3, 0.4) is 0 Å². The lowest BCUT2D eigenvalue weighted by molar-refractivity contribution is 1.17. The molecule has 30 heavy (non-hydrogen) atoms. The summed E-state index contributed by atoms with van der Waals surface area (Å²) >= 11 is 0. The molecule has 0 bridgehead atoms. The van der Waals surface area contributed by atoms with E-state index in [1.54, 1.807) is 0 Å². The van der Waals surface area contributed by atoms with Crippen LogP contribution in [0.1, 0.15) is 11.1 Å². The molecule has 0 atom stereocenters. The Labute approximate surface area is 176 Å². The summed E-state index contributed by atoms with van der Waals surface area (Å²) in [4.78, 5) is 8.70. The first-order chi connectivity index (χ1) is 14.9. The zero-order valence-electron chi connectivity index (χ0n) is 16.6. The van der Waals surface area contributed by atoms with Crippen molar-refractivity contribution in [2.75, 3.05) is 0 Å². The average Bonchev–Trinajstić information content (AvgIpc) is 3.27. The minimum absolute atomic E-state index is 0.874. The molecule has 4 aromatic carbocycles. The topological polar surface area (TPSA) is 28.7 Å². The molecule has 5 rings (SSSR count). The Morgan fingerprint density at radius 1 is 0.567 bits per heavy atom. The number of rotatable bonds is 5. The lowest BCUT2D eigenvalue weighted by Crippen LogP contribution is -1.93. The Kier molecular flexibility index (Phi) is 4.97. The van der Waals surface area contributed by atoms with E-state index in [1.807, 2.05) is 12.1 Å². The van der Waals surface area contributed by atoms with Gasteiger partial charge in [-0.25, -0.2) is 4.98 Å². The van der Waals surface area contributed by atoms with Gasteiger partial charge < -0.3 is 4.98 Å². The number of hydrogen-bond acceptors (Lipinski definition) is 1. The zero-order valence-corrected chi connectivity index (χ0v) is 16.6. The predicted molar refractivity (Wildman–Crippen MR) is 124 cm³/mol. The molecular weight excluding hydrogens is 364 g/mol. The number of aromatic amines is 1. The fourth-order valence-electron chi connectivity index (χ4n) is 3.84. The molecule has 1 heterocycles. The maximum absolute atomic E-state index is 5.07. The average molecular weight is 386 g/mol. The van der Waals surface area contributed by atoms with Crippen LogP contribution in [0.2, 0.25) is 0 Å². The van der Waals surface area contributed by atoms with Crippen LogP contribution >= 0.6 is 0 Å².